The maximum atomic E-state index is 12.7. The second kappa shape index (κ2) is 13.5. The number of piperazine rings is 1. The number of nitrogens with zero attached hydrogens (tertiary/aromatic N) is 6. The van der Waals surface area contributed by atoms with Crippen molar-refractivity contribution in [3.63, 3.8) is 0 Å². The first-order valence-corrected chi connectivity index (χ1v) is 15.9. The zero-order valence-corrected chi connectivity index (χ0v) is 26.2. The Bertz CT molecular complexity index is 1460. The molecule has 3 saturated heterocycles. The van der Waals surface area contributed by atoms with Gasteiger partial charge in [0.05, 0.1) is 5.69 Å². The Morgan fingerprint density at radius 2 is 1.66 bits per heavy atom. The fourth-order valence-corrected chi connectivity index (χ4v) is 6.61. The minimum Gasteiger partial charge on any atom is -0.381 e. The number of ether oxygens (including phenoxy) is 1. The van der Waals surface area contributed by atoms with Gasteiger partial charge in [0.25, 0.3) is 5.91 Å². The van der Waals surface area contributed by atoms with E-state index in [1.807, 2.05) is 25.1 Å². The van der Waals surface area contributed by atoms with E-state index in [1.165, 1.54) is 37.2 Å². The maximum absolute atomic E-state index is 12.7. The van der Waals surface area contributed by atoms with Gasteiger partial charge in [-0.1, -0.05) is 6.07 Å². The van der Waals surface area contributed by atoms with Gasteiger partial charge < -0.3 is 30.9 Å². The molecule has 234 valence electrons. The number of hydrogen-bond acceptors (Lipinski definition) is 10. The molecule has 0 aliphatic carbocycles. The van der Waals surface area contributed by atoms with Gasteiger partial charge in [0, 0.05) is 82.1 Å². The molecular formula is C33H45N9O2. The van der Waals surface area contributed by atoms with Crippen LogP contribution in [0.4, 0.5) is 23.0 Å². The number of hydrogen-bond donors (Lipinski definition) is 3. The van der Waals surface area contributed by atoms with Crippen LogP contribution in [0.5, 0.6) is 0 Å². The topological polar surface area (TPSA) is 125 Å². The molecule has 2 aromatic heterocycles. The lowest BCUT2D eigenvalue weighted by atomic mass is 10.0. The fraction of sp³-hybridized carbons (Fsp3) is 0.515. The van der Waals surface area contributed by atoms with Crippen LogP contribution in [-0.2, 0) is 4.74 Å². The standard InChI is InChI=1S/C33H45N9O2/c1-22-5-4-12-35-28(22)29-32(36-24-10-19-44-20-11-24)39-33(30(38-29)31(34)43)37-25-6-7-27(23(2)21-25)42-13-8-26(9-14-42)41-17-15-40(3)16-18-41/h4-7,12,21,24,26H,8-11,13-20H2,1-3H3,(H2,34,43)(H2,36,37,39). The Hall–Kier alpha value is -3.80. The number of rotatable bonds is 8. The summed E-state index contributed by atoms with van der Waals surface area (Å²) in [5.74, 6) is 0.247. The lowest BCUT2D eigenvalue weighted by molar-refractivity contribution is 0.0904. The monoisotopic (exact) mass is 599 g/mol. The Labute approximate surface area is 260 Å². The van der Waals surface area contributed by atoms with Crippen LogP contribution < -0.4 is 21.3 Å². The van der Waals surface area contributed by atoms with Crippen LogP contribution in [0.15, 0.2) is 36.5 Å². The molecule has 3 aliphatic heterocycles. The molecule has 6 rings (SSSR count). The van der Waals surface area contributed by atoms with E-state index < -0.39 is 5.91 Å². The zero-order chi connectivity index (χ0) is 30.6. The average Bonchev–Trinajstić information content (AvgIpc) is 3.03. The summed E-state index contributed by atoms with van der Waals surface area (Å²) in [6.45, 7) is 12.3. The predicted octanol–water partition coefficient (Wildman–Crippen LogP) is 3.81. The number of carbonyl (C=O) groups excluding carboxylic acids is 1. The van der Waals surface area contributed by atoms with Crippen molar-refractivity contribution < 1.29 is 9.53 Å². The highest BCUT2D eigenvalue weighted by Gasteiger charge is 2.28. The number of likely N-dealkylation sites (N-methyl/N-ethyl adjacent to an activating group) is 1. The molecule has 4 N–H and O–H groups in total. The molecule has 11 nitrogen and oxygen atoms in total. The average molecular weight is 600 g/mol. The predicted molar refractivity (Wildman–Crippen MR) is 175 cm³/mol. The van der Waals surface area contributed by atoms with Crippen molar-refractivity contribution in [3.05, 3.63) is 53.3 Å². The van der Waals surface area contributed by atoms with Gasteiger partial charge in [-0.25, -0.2) is 9.97 Å². The first kappa shape index (κ1) is 30.2. The van der Waals surface area contributed by atoms with Crippen molar-refractivity contribution in [2.45, 2.75) is 51.6 Å². The third-order valence-corrected chi connectivity index (χ3v) is 9.24. The number of aromatic nitrogens is 3. The molecule has 0 atom stereocenters. The smallest absolute Gasteiger partial charge is 0.271 e. The minimum absolute atomic E-state index is 0.0790. The number of primary amides is 1. The second-order valence-electron chi connectivity index (χ2n) is 12.4. The number of benzene rings is 1. The third-order valence-electron chi connectivity index (χ3n) is 9.24. The first-order valence-electron chi connectivity index (χ1n) is 15.9. The summed E-state index contributed by atoms with van der Waals surface area (Å²) in [6, 6.07) is 11.0. The van der Waals surface area contributed by atoms with E-state index in [-0.39, 0.29) is 11.7 Å². The maximum Gasteiger partial charge on any atom is 0.271 e. The van der Waals surface area contributed by atoms with Gasteiger partial charge in [-0.2, -0.15) is 0 Å². The van der Waals surface area contributed by atoms with Crippen molar-refractivity contribution in [3.8, 4) is 11.4 Å². The number of anilines is 4. The van der Waals surface area contributed by atoms with Gasteiger partial charge >= 0.3 is 0 Å². The van der Waals surface area contributed by atoms with Crippen molar-refractivity contribution in [2.24, 2.45) is 5.73 Å². The van der Waals surface area contributed by atoms with E-state index in [9.17, 15) is 4.79 Å². The highest BCUT2D eigenvalue weighted by atomic mass is 16.5. The van der Waals surface area contributed by atoms with Gasteiger partial charge in [0.2, 0.25) is 0 Å². The number of nitrogens with one attached hydrogen (secondary N) is 2. The Morgan fingerprint density at radius 1 is 0.909 bits per heavy atom. The van der Waals surface area contributed by atoms with E-state index in [2.05, 4.69) is 56.4 Å². The lowest BCUT2D eigenvalue weighted by Gasteiger charge is -2.43. The van der Waals surface area contributed by atoms with Crippen LogP contribution in [-0.4, -0.2) is 102 Å². The number of pyridine rings is 1. The van der Waals surface area contributed by atoms with E-state index in [4.69, 9.17) is 20.4 Å². The van der Waals surface area contributed by atoms with E-state index in [0.29, 0.717) is 42.3 Å². The van der Waals surface area contributed by atoms with Gasteiger partial charge in [-0.15, -0.1) is 0 Å². The van der Waals surface area contributed by atoms with E-state index >= 15 is 0 Å². The molecule has 0 bridgehead atoms. The van der Waals surface area contributed by atoms with Gasteiger partial charge in [0.15, 0.2) is 17.3 Å². The summed E-state index contributed by atoms with van der Waals surface area (Å²) in [7, 11) is 2.21. The number of piperidine rings is 1. The molecule has 11 heteroatoms. The van der Waals surface area contributed by atoms with Crippen molar-refractivity contribution in [1.82, 2.24) is 24.8 Å². The molecule has 44 heavy (non-hydrogen) atoms. The molecular weight excluding hydrogens is 554 g/mol. The second-order valence-corrected chi connectivity index (χ2v) is 12.4. The van der Waals surface area contributed by atoms with Crippen LogP contribution in [0, 0.1) is 13.8 Å². The molecule has 5 heterocycles. The molecule has 3 aliphatic rings. The van der Waals surface area contributed by atoms with Gasteiger partial charge in [0.1, 0.15) is 5.69 Å². The minimum atomic E-state index is -0.649. The lowest BCUT2D eigenvalue weighted by Crippen LogP contribution is -2.52. The van der Waals surface area contributed by atoms with Crippen LogP contribution >= 0.6 is 0 Å². The molecule has 3 aromatic rings. The molecule has 0 unspecified atom stereocenters. The Morgan fingerprint density at radius 3 is 2.34 bits per heavy atom. The number of carbonyl (C=O) groups is 1. The normalized spacial score (nSPS) is 19.2. The van der Waals surface area contributed by atoms with Crippen LogP contribution in [0.2, 0.25) is 0 Å². The van der Waals surface area contributed by atoms with Crippen molar-refractivity contribution >= 4 is 28.9 Å². The van der Waals surface area contributed by atoms with Crippen LogP contribution in [0.1, 0.15) is 47.3 Å². The van der Waals surface area contributed by atoms with E-state index in [1.54, 1.807) is 6.20 Å². The SMILES string of the molecule is Cc1cc(Nc2nc(NC3CCOCC3)c(-c3ncccc3C)nc2C(N)=O)ccc1N1CCC(N2CCN(C)CC2)CC1. The number of aryl methyl sites for hydroxylation is 2. The molecule has 3 fully saturated rings. The Kier molecular flexibility index (Phi) is 9.25. The quantitative estimate of drug-likeness (QED) is 0.352. The summed E-state index contributed by atoms with van der Waals surface area (Å²) in [4.78, 5) is 34.5. The summed E-state index contributed by atoms with van der Waals surface area (Å²) in [5, 5.41) is 6.92. The largest absolute Gasteiger partial charge is 0.381 e. The van der Waals surface area contributed by atoms with Gasteiger partial charge in [-0.05, 0) is 82.0 Å². The summed E-state index contributed by atoms with van der Waals surface area (Å²) >= 11 is 0. The molecule has 0 radical (unpaired) electrons. The third kappa shape index (κ3) is 6.80. The van der Waals surface area contributed by atoms with Crippen molar-refractivity contribution in [1.29, 1.82) is 0 Å². The summed E-state index contributed by atoms with van der Waals surface area (Å²) < 4.78 is 5.56. The zero-order valence-electron chi connectivity index (χ0n) is 26.2. The summed E-state index contributed by atoms with van der Waals surface area (Å²) in [6.07, 6.45) is 5.81. The molecule has 1 amide bonds. The highest BCUT2D eigenvalue weighted by Crippen LogP contribution is 2.33. The number of nitrogens with two attached hydrogens (primary N) is 1. The fourth-order valence-electron chi connectivity index (χ4n) is 6.61. The Balaban J connectivity index is 1.22. The molecule has 1 aromatic carbocycles. The molecule has 0 spiro atoms. The molecule has 0 saturated carbocycles. The van der Waals surface area contributed by atoms with Crippen molar-refractivity contribution in [2.75, 3.05) is 75.1 Å². The van der Waals surface area contributed by atoms with E-state index in [0.717, 1.165) is 50.3 Å². The first-order chi connectivity index (χ1) is 21.4. The van der Waals surface area contributed by atoms with Crippen LogP contribution in [0.25, 0.3) is 11.4 Å². The summed E-state index contributed by atoms with van der Waals surface area (Å²) in [5.41, 5.74) is 11.3. The number of amides is 1. The highest BCUT2D eigenvalue weighted by molar-refractivity contribution is 5.97. The van der Waals surface area contributed by atoms with Gasteiger partial charge in [-0.3, -0.25) is 14.7 Å². The van der Waals surface area contributed by atoms with Crippen LogP contribution in [0.3, 0.4) is 0 Å².